The summed E-state index contributed by atoms with van der Waals surface area (Å²) in [5.74, 6) is -1.11. The molecule has 0 saturated carbocycles. The molecule has 2 aromatic heterocycles. The van der Waals surface area contributed by atoms with E-state index in [2.05, 4.69) is 52.3 Å². The highest BCUT2D eigenvalue weighted by molar-refractivity contribution is 6.00. The third kappa shape index (κ3) is 7.26. The van der Waals surface area contributed by atoms with Crippen molar-refractivity contribution >= 4 is 29.0 Å². The lowest BCUT2D eigenvalue weighted by molar-refractivity contribution is -0.134. The third-order valence-electron chi connectivity index (χ3n) is 11.6. The van der Waals surface area contributed by atoms with Gasteiger partial charge < -0.3 is 15.1 Å². The number of carbonyl (C=O) groups is 2. The van der Waals surface area contributed by atoms with E-state index in [4.69, 9.17) is 0 Å². The Balaban J connectivity index is 0.769. The number of likely N-dealkylation sites (tertiary alicyclic amines) is 2. The number of halogens is 2. The van der Waals surface area contributed by atoms with Crippen LogP contribution >= 0.6 is 0 Å². The van der Waals surface area contributed by atoms with Gasteiger partial charge in [0.15, 0.2) is 11.5 Å². The van der Waals surface area contributed by atoms with E-state index < -0.39 is 11.6 Å². The molecule has 2 atom stereocenters. The Labute approximate surface area is 303 Å². The van der Waals surface area contributed by atoms with Gasteiger partial charge in [0.1, 0.15) is 11.6 Å². The molecule has 52 heavy (non-hydrogen) atoms. The summed E-state index contributed by atoms with van der Waals surface area (Å²) in [6.45, 7) is 12.1. The molecular formula is C39H47F2N9O2. The molecule has 0 spiro atoms. The van der Waals surface area contributed by atoms with Crippen molar-refractivity contribution in [2.75, 3.05) is 75.7 Å². The van der Waals surface area contributed by atoms with Crippen LogP contribution in [0.15, 0.2) is 55.0 Å². The highest BCUT2D eigenvalue weighted by Gasteiger charge is 2.32. The van der Waals surface area contributed by atoms with E-state index in [0.717, 1.165) is 83.5 Å². The Morgan fingerprint density at radius 3 is 2.37 bits per heavy atom. The van der Waals surface area contributed by atoms with Crippen molar-refractivity contribution in [2.24, 2.45) is 0 Å². The zero-order valence-electron chi connectivity index (χ0n) is 29.7. The van der Waals surface area contributed by atoms with Gasteiger partial charge in [-0.15, -0.1) is 0 Å². The highest BCUT2D eigenvalue weighted by atomic mass is 19.1. The molecule has 1 unspecified atom stereocenters. The molecule has 2 amide bonds. The predicted molar refractivity (Wildman–Crippen MR) is 196 cm³/mol. The number of aromatic nitrogens is 3. The van der Waals surface area contributed by atoms with Gasteiger partial charge in [-0.2, -0.15) is 0 Å². The SMILES string of the molecule is Cc1cc(-c2cnc(N[C@@H]3CCN(C4CCN(CCN5CCN(c6ccc(C7CCC(=O)NC7=O)cc6)CC5)CC4)C3)c3nccn23)c(F)cc1F. The van der Waals surface area contributed by atoms with Crippen LogP contribution in [0.4, 0.5) is 20.3 Å². The minimum Gasteiger partial charge on any atom is -0.369 e. The molecule has 4 aliphatic heterocycles. The van der Waals surface area contributed by atoms with Crippen LogP contribution in [0.5, 0.6) is 0 Å². The summed E-state index contributed by atoms with van der Waals surface area (Å²) < 4.78 is 30.5. The van der Waals surface area contributed by atoms with Gasteiger partial charge in [0.25, 0.3) is 0 Å². The second kappa shape index (κ2) is 14.9. The van der Waals surface area contributed by atoms with E-state index >= 15 is 0 Å². The van der Waals surface area contributed by atoms with Crippen molar-refractivity contribution in [2.45, 2.75) is 57.0 Å². The van der Waals surface area contributed by atoms with Crippen LogP contribution < -0.4 is 15.5 Å². The first-order valence-corrected chi connectivity index (χ1v) is 18.7. The summed E-state index contributed by atoms with van der Waals surface area (Å²) >= 11 is 0. The van der Waals surface area contributed by atoms with Crippen molar-refractivity contribution in [1.82, 2.24) is 34.4 Å². The number of anilines is 2. The zero-order chi connectivity index (χ0) is 35.8. The van der Waals surface area contributed by atoms with Gasteiger partial charge in [0.05, 0.1) is 17.8 Å². The van der Waals surface area contributed by atoms with Crippen molar-refractivity contribution < 1.29 is 18.4 Å². The van der Waals surface area contributed by atoms with Gasteiger partial charge in [0, 0.05) is 101 Å². The van der Waals surface area contributed by atoms with Crippen molar-refractivity contribution in [3.05, 3.63) is 77.8 Å². The quantitative estimate of drug-likeness (QED) is 0.247. The Morgan fingerprint density at radius 1 is 0.865 bits per heavy atom. The first-order chi connectivity index (χ1) is 25.3. The molecule has 0 radical (unpaired) electrons. The molecule has 4 fully saturated rings. The molecule has 0 bridgehead atoms. The molecule has 0 aliphatic carbocycles. The summed E-state index contributed by atoms with van der Waals surface area (Å²) in [5.41, 5.74) is 4.02. The number of imide groups is 1. The maximum absolute atomic E-state index is 14.7. The summed E-state index contributed by atoms with van der Waals surface area (Å²) in [7, 11) is 0. The van der Waals surface area contributed by atoms with Crippen LogP contribution in [-0.4, -0.2) is 118 Å². The molecule has 4 saturated heterocycles. The van der Waals surface area contributed by atoms with E-state index in [1.165, 1.54) is 24.6 Å². The Hall–Kier alpha value is -4.46. The van der Waals surface area contributed by atoms with Crippen LogP contribution in [0, 0.1) is 18.6 Å². The number of amides is 2. The van der Waals surface area contributed by atoms with Gasteiger partial charge >= 0.3 is 0 Å². The number of piperazine rings is 1. The first kappa shape index (κ1) is 34.6. The minimum atomic E-state index is -0.620. The number of carbonyl (C=O) groups excluding carboxylic acids is 2. The minimum absolute atomic E-state index is 0.178. The number of hydrogen-bond acceptors (Lipinski definition) is 9. The molecule has 11 nitrogen and oxygen atoms in total. The Morgan fingerprint density at radius 2 is 1.62 bits per heavy atom. The maximum atomic E-state index is 14.7. The smallest absolute Gasteiger partial charge is 0.234 e. The van der Waals surface area contributed by atoms with Crippen molar-refractivity contribution in [1.29, 1.82) is 0 Å². The Bertz CT molecular complexity index is 1920. The highest BCUT2D eigenvalue weighted by Crippen LogP contribution is 2.30. The molecule has 274 valence electrons. The fraction of sp³-hybridized carbons (Fsp3) is 0.487. The number of piperidine rings is 2. The number of fused-ring (bicyclic) bond motifs is 1. The lowest BCUT2D eigenvalue weighted by Crippen LogP contribution is -2.50. The van der Waals surface area contributed by atoms with Gasteiger partial charge in [-0.1, -0.05) is 12.1 Å². The molecule has 4 aromatic rings. The molecule has 8 rings (SSSR count). The third-order valence-corrected chi connectivity index (χ3v) is 11.6. The molecule has 13 heteroatoms. The number of benzene rings is 2. The fourth-order valence-electron chi connectivity index (χ4n) is 8.45. The number of nitrogens with zero attached hydrogens (tertiary/aromatic N) is 7. The Kier molecular flexibility index (Phi) is 9.91. The summed E-state index contributed by atoms with van der Waals surface area (Å²) in [4.78, 5) is 43.2. The molecule has 2 aromatic carbocycles. The maximum Gasteiger partial charge on any atom is 0.234 e. The van der Waals surface area contributed by atoms with Crippen LogP contribution in [0.2, 0.25) is 0 Å². The number of hydrogen-bond donors (Lipinski definition) is 2. The van der Waals surface area contributed by atoms with Crippen molar-refractivity contribution in [3.8, 4) is 11.3 Å². The summed E-state index contributed by atoms with van der Waals surface area (Å²) in [6, 6.07) is 11.6. The van der Waals surface area contributed by atoms with Gasteiger partial charge in [-0.3, -0.25) is 29.1 Å². The summed E-state index contributed by atoms with van der Waals surface area (Å²) in [6.07, 6.45) is 9.46. The average molecular weight is 712 g/mol. The van der Waals surface area contributed by atoms with E-state index in [-0.39, 0.29) is 23.8 Å². The number of nitrogens with one attached hydrogen (secondary N) is 2. The van der Waals surface area contributed by atoms with Crippen molar-refractivity contribution in [3.63, 3.8) is 0 Å². The van der Waals surface area contributed by atoms with Crippen LogP contribution in [0.1, 0.15) is 49.1 Å². The van der Waals surface area contributed by atoms with E-state index in [1.54, 1.807) is 25.5 Å². The fourth-order valence-corrected chi connectivity index (χ4v) is 8.45. The molecule has 6 heterocycles. The topological polar surface area (TPSA) is 101 Å². The molecule has 2 N–H and O–H groups in total. The summed E-state index contributed by atoms with van der Waals surface area (Å²) in [5, 5.41) is 6.08. The van der Waals surface area contributed by atoms with Crippen LogP contribution in [-0.2, 0) is 9.59 Å². The van der Waals surface area contributed by atoms with E-state index in [0.29, 0.717) is 47.2 Å². The molecular weight excluding hydrogens is 664 g/mol. The van der Waals surface area contributed by atoms with Gasteiger partial charge in [-0.05, 0) is 75.0 Å². The van der Waals surface area contributed by atoms with E-state index in [9.17, 15) is 18.4 Å². The molecule has 4 aliphatic rings. The monoisotopic (exact) mass is 711 g/mol. The second-order valence-electron chi connectivity index (χ2n) is 14.8. The van der Waals surface area contributed by atoms with Gasteiger partial charge in [-0.25, -0.2) is 18.7 Å². The largest absolute Gasteiger partial charge is 0.369 e. The lowest BCUT2D eigenvalue weighted by Gasteiger charge is -2.39. The predicted octanol–water partition coefficient (Wildman–Crippen LogP) is 4.28. The number of aryl methyl sites for hydroxylation is 1. The average Bonchev–Trinajstić information content (AvgIpc) is 3.84. The van der Waals surface area contributed by atoms with Gasteiger partial charge in [0.2, 0.25) is 11.8 Å². The first-order valence-electron chi connectivity index (χ1n) is 18.7. The number of rotatable bonds is 9. The normalized spacial score (nSPS) is 22.7. The zero-order valence-corrected chi connectivity index (χ0v) is 29.7. The lowest BCUT2D eigenvalue weighted by atomic mass is 9.90. The standard InChI is InChI=1S/C39H47F2N9O2/c1-26-22-32(34(41)23-33(26)40)35-24-43-37(38-42-11-15-50(35)38)44-28-8-14-49(25-28)30-9-12-46(13-10-30)16-17-47-18-20-48(21-19-47)29-4-2-27(3-5-29)31-6-7-36(51)45-39(31)52/h2-5,11,15,22-24,28,30-31H,6-10,12-14,16-21,25H2,1H3,(H,43,44)(H,45,51,52)/t28-,31?/m1/s1. The number of imidazole rings is 1. The second-order valence-corrected chi connectivity index (χ2v) is 14.8. The van der Waals surface area contributed by atoms with E-state index in [1.807, 2.05) is 16.5 Å². The van der Waals surface area contributed by atoms with Crippen LogP contribution in [0.25, 0.3) is 16.9 Å². The van der Waals surface area contributed by atoms with Crippen LogP contribution in [0.3, 0.4) is 0 Å².